The Morgan fingerprint density at radius 2 is 2.58 bits per heavy atom. The quantitative estimate of drug-likeness (QED) is 0.849. The van der Waals surface area contributed by atoms with Crippen LogP contribution in [0, 0.1) is 3.57 Å². The molecule has 0 bridgehead atoms. The molecule has 12 heavy (non-hydrogen) atoms. The number of aromatic nitrogens is 1. The van der Waals surface area contributed by atoms with Gasteiger partial charge in [-0.25, -0.2) is 4.98 Å². The largest absolute Gasteiger partial charge is 0.368 e. The van der Waals surface area contributed by atoms with E-state index in [-0.39, 0.29) is 5.82 Å². The first kappa shape index (κ1) is 4.00. The van der Waals surface area contributed by atoms with E-state index < -0.39 is 19.7 Å². The van der Waals surface area contributed by atoms with Crippen LogP contribution in [-0.2, 0) is 0 Å². The Labute approximate surface area is 101 Å². The van der Waals surface area contributed by atoms with Crippen LogP contribution in [0.3, 0.4) is 0 Å². The van der Waals surface area contributed by atoms with Crippen LogP contribution < -0.4 is 5.32 Å². The van der Waals surface area contributed by atoms with E-state index in [2.05, 4.69) is 10.3 Å². The smallest absolute Gasteiger partial charge is 0.127 e. The van der Waals surface area contributed by atoms with Crippen LogP contribution >= 0.6 is 34.2 Å². The molecule has 0 aromatic carbocycles. The lowest BCUT2D eigenvalue weighted by Crippen LogP contribution is -2.10. The molecule has 0 amide bonds. The van der Waals surface area contributed by atoms with E-state index in [0.29, 0.717) is 8.59 Å². The third-order valence-corrected chi connectivity index (χ3v) is 2.57. The van der Waals surface area contributed by atoms with Gasteiger partial charge in [-0.3, -0.25) is 0 Å². The third kappa shape index (κ3) is 2.79. The maximum atomic E-state index is 7.77. The highest BCUT2D eigenvalue weighted by Gasteiger charge is 2.00. The fourth-order valence-electron chi connectivity index (χ4n) is 0.611. The zero-order valence-electron chi connectivity index (χ0n) is 12.9. The monoisotopic (exact) mass is 303 g/mol. The molecule has 0 aliphatic rings. The number of nitrogens with zero attached hydrogens (tertiary/aromatic N) is 1. The van der Waals surface area contributed by atoms with Crippen molar-refractivity contribution in [2.24, 2.45) is 0 Å². The number of pyridine rings is 1. The molecule has 0 spiro atoms. The molecule has 0 radical (unpaired) electrons. The van der Waals surface area contributed by atoms with Gasteiger partial charge in [0, 0.05) is 24.0 Å². The topological polar surface area (TPSA) is 24.9 Å². The van der Waals surface area contributed by atoms with Crippen LogP contribution in [0.5, 0.6) is 0 Å². The summed E-state index contributed by atoms with van der Waals surface area (Å²) in [5.74, 6) is -0.0314. The summed E-state index contributed by atoms with van der Waals surface area (Å²) in [5, 5.41) is 2.52. The average molecular weight is 304 g/mol. The Balaban J connectivity index is 3.20. The van der Waals surface area contributed by atoms with E-state index in [1.54, 1.807) is 0 Å². The molecule has 1 heterocycles. The molecule has 0 fully saturated rings. The highest BCUT2D eigenvalue weighted by atomic mass is 127. The molecule has 1 aromatic heterocycles. The standard InChI is InChI=1S/C8H10ClIN2/c1-5(2)12-8-3-7(10)6(9)4-11-8/h3-5H,1-2H3,(H,11,12)/i1D3,2D3,5D. The zero-order valence-corrected chi connectivity index (χ0v) is 8.77. The SMILES string of the molecule is [2H]C([2H])([2H])C([2H])(Nc1cc(I)c(Cl)cn1)C([2H])([2H])[2H]. The summed E-state index contributed by atoms with van der Waals surface area (Å²) in [6.45, 7) is -6.10. The van der Waals surface area contributed by atoms with Gasteiger partial charge in [-0.15, -0.1) is 0 Å². The van der Waals surface area contributed by atoms with Crippen LogP contribution in [0.25, 0.3) is 0 Å². The van der Waals surface area contributed by atoms with E-state index in [1.165, 1.54) is 12.3 Å². The maximum Gasteiger partial charge on any atom is 0.127 e. The van der Waals surface area contributed by atoms with Gasteiger partial charge < -0.3 is 5.32 Å². The van der Waals surface area contributed by atoms with Crippen molar-refractivity contribution in [2.45, 2.75) is 19.7 Å². The van der Waals surface area contributed by atoms with Crippen molar-refractivity contribution >= 4 is 40.0 Å². The predicted octanol–water partition coefficient (Wildman–Crippen LogP) is 3.16. The van der Waals surface area contributed by atoms with Crippen LogP contribution in [0.2, 0.25) is 5.02 Å². The molecule has 1 N–H and O–H groups in total. The van der Waals surface area contributed by atoms with Crippen molar-refractivity contribution in [3.8, 4) is 0 Å². The summed E-state index contributed by atoms with van der Waals surface area (Å²) >= 11 is 7.65. The van der Waals surface area contributed by atoms with Gasteiger partial charge in [-0.1, -0.05) is 11.6 Å². The molecule has 66 valence electrons. The van der Waals surface area contributed by atoms with E-state index in [1.807, 2.05) is 22.6 Å². The van der Waals surface area contributed by atoms with Crippen LogP contribution in [-0.4, -0.2) is 11.0 Å². The minimum absolute atomic E-state index is 0.0314. The minimum Gasteiger partial charge on any atom is -0.368 e. The normalized spacial score (nSPS) is 22.0. The summed E-state index contributed by atoms with van der Waals surface area (Å²) in [5.41, 5.74) is 0. The lowest BCUT2D eigenvalue weighted by Gasteiger charge is -2.08. The molecule has 1 rings (SSSR count). The lowest BCUT2D eigenvalue weighted by atomic mass is 10.4. The van der Waals surface area contributed by atoms with Crippen molar-refractivity contribution in [2.75, 3.05) is 5.32 Å². The van der Waals surface area contributed by atoms with Crippen LogP contribution in [0.15, 0.2) is 12.3 Å². The number of rotatable bonds is 2. The summed E-state index contributed by atoms with van der Waals surface area (Å²) in [6, 6.07) is -1.46. The van der Waals surface area contributed by atoms with Crippen molar-refractivity contribution in [3.63, 3.8) is 0 Å². The Hall–Kier alpha value is -0.0300. The Kier molecular flexibility index (Phi) is 1.43. The number of nitrogens with one attached hydrogen (secondary N) is 1. The molecular weight excluding hydrogens is 286 g/mol. The first-order valence-corrected chi connectivity index (χ1v) is 4.43. The zero-order chi connectivity index (χ0) is 15.1. The van der Waals surface area contributed by atoms with Crippen LogP contribution in [0.1, 0.15) is 23.3 Å². The molecule has 1 aromatic rings. The Bertz CT molecular complexity index is 459. The fraction of sp³-hybridized carbons (Fsp3) is 0.375. The maximum absolute atomic E-state index is 7.77. The Morgan fingerprint density at radius 1 is 1.83 bits per heavy atom. The molecule has 0 aliphatic carbocycles. The van der Waals surface area contributed by atoms with Gasteiger partial charge in [0.1, 0.15) is 5.82 Å². The predicted molar refractivity (Wildman–Crippen MR) is 60.7 cm³/mol. The number of hydrogen-bond donors (Lipinski definition) is 1. The first-order valence-electron chi connectivity index (χ1n) is 6.48. The molecular formula is C8H10ClIN2. The highest BCUT2D eigenvalue weighted by molar-refractivity contribution is 14.1. The van der Waals surface area contributed by atoms with E-state index in [9.17, 15) is 0 Å². The second-order valence-electron chi connectivity index (χ2n) is 1.98. The number of halogens is 2. The lowest BCUT2D eigenvalue weighted by molar-refractivity contribution is 0.889. The van der Waals surface area contributed by atoms with E-state index in [0.717, 1.165) is 0 Å². The summed E-state index contributed by atoms with van der Waals surface area (Å²) < 4.78 is 51.9. The molecule has 0 atom stereocenters. The van der Waals surface area contributed by atoms with Crippen molar-refractivity contribution < 1.29 is 9.60 Å². The Morgan fingerprint density at radius 3 is 3.17 bits per heavy atom. The second-order valence-corrected chi connectivity index (χ2v) is 3.55. The summed E-state index contributed by atoms with van der Waals surface area (Å²) in [7, 11) is 0. The van der Waals surface area contributed by atoms with Gasteiger partial charge >= 0.3 is 0 Å². The van der Waals surface area contributed by atoms with E-state index in [4.69, 9.17) is 21.2 Å². The van der Waals surface area contributed by atoms with Crippen LogP contribution in [0.4, 0.5) is 5.82 Å². The van der Waals surface area contributed by atoms with Gasteiger partial charge in [0.2, 0.25) is 0 Å². The minimum atomic E-state index is -3.05. The van der Waals surface area contributed by atoms with Gasteiger partial charge in [-0.05, 0) is 42.4 Å². The third-order valence-electron chi connectivity index (χ3n) is 1.06. The fourth-order valence-corrected chi connectivity index (χ4v) is 1.15. The van der Waals surface area contributed by atoms with E-state index >= 15 is 0 Å². The van der Waals surface area contributed by atoms with Gasteiger partial charge in [0.25, 0.3) is 0 Å². The van der Waals surface area contributed by atoms with Gasteiger partial charge in [0.15, 0.2) is 0 Å². The molecule has 0 aliphatic heterocycles. The van der Waals surface area contributed by atoms with Crippen molar-refractivity contribution in [1.29, 1.82) is 0 Å². The first-order chi connectivity index (χ1) is 8.38. The summed E-state index contributed by atoms with van der Waals surface area (Å²) in [6.07, 6.45) is 1.26. The molecule has 4 heteroatoms. The highest BCUT2D eigenvalue weighted by Crippen LogP contribution is 2.19. The van der Waals surface area contributed by atoms with Gasteiger partial charge in [0.05, 0.1) is 6.39 Å². The summed E-state index contributed by atoms with van der Waals surface area (Å²) in [4.78, 5) is 3.78. The molecule has 0 saturated heterocycles. The number of hydrogen-bond acceptors (Lipinski definition) is 2. The second kappa shape index (κ2) is 4.28. The molecule has 0 saturated carbocycles. The van der Waals surface area contributed by atoms with Crippen molar-refractivity contribution in [3.05, 3.63) is 20.9 Å². The number of anilines is 1. The molecule has 0 unspecified atom stereocenters. The molecule has 2 nitrogen and oxygen atoms in total. The van der Waals surface area contributed by atoms with Crippen molar-refractivity contribution in [1.82, 2.24) is 4.98 Å². The average Bonchev–Trinajstić information content (AvgIpc) is 2.20. The van der Waals surface area contributed by atoms with Gasteiger partial charge in [-0.2, -0.15) is 0 Å².